The van der Waals surface area contributed by atoms with E-state index in [4.69, 9.17) is 9.15 Å². The second-order valence-corrected chi connectivity index (χ2v) is 8.87. The lowest BCUT2D eigenvalue weighted by molar-refractivity contribution is 0.0929. The van der Waals surface area contributed by atoms with E-state index in [0.29, 0.717) is 16.9 Å². The molecule has 4 aromatic rings. The molecule has 1 heterocycles. The smallest absolute Gasteiger partial charge is 0.307 e. The summed E-state index contributed by atoms with van der Waals surface area (Å²) in [5.41, 5.74) is 4.40. The summed E-state index contributed by atoms with van der Waals surface area (Å²) < 4.78 is 26.9. The average molecular weight is 640 g/mol. The molecule has 8 heteroatoms. The van der Waals surface area contributed by atoms with Gasteiger partial charge >= 0.3 is 5.91 Å². The van der Waals surface area contributed by atoms with E-state index in [2.05, 4.69) is 55.7 Å². The van der Waals surface area contributed by atoms with Crippen LogP contribution in [-0.2, 0) is 6.61 Å². The lowest BCUT2D eigenvalue weighted by Crippen LogP contribution is -2.16. The van der Waals surface area contributed by atoms with Crippen LogP contribution < -0.4 is 10.2 Å². The number of halogens is 3. The summed E-state index contributed by atoms with van der Waals surface area (Å²) in [6.45, 7) is 0.139. The Kier molecular flexibility index (Phi) is 6.86. The Morgan fingerprint density at radius 2 is 1.77 bits per heavy atom. The minimum Gasteiger partial charge on any atom is -0.487 e. The van der Waals surface area contributed by atoms with E-state index in [0.717, 1.165) is 18.1 Å². The van der Waals surface area contributed by atoms with Gasteiger partial charge in [-0.25, -0.2) is 9.82 Å². The van der Waals surface area contributed by atoms with Gasteiger partial charge in [-0.05, 0) is 81.1 Å². The number of nitrogens with zero attached hydrogens (tertiary/aromatic N) is 1. The molecule has 156 valence electrons. The number of carbonyl (C=O) groups is 1. The van der Waals surface area contributed by atoms with Crippen LogP contribution >= 0.6 is 45.2 Å². The third-order valence-corrected chi connectivity index (χ3v) is 5.98. The molecule has 0 aliphatic carbocycles. The van der Waals surface area contributed by atoms with Gasteiger partial charge in [0.05, 0.1) is 13.4 Å². The van der Waals surface area contributed by atoms with Crippen molar-refractivity contribution in [2.45, 2.75) is 6.61 Å². The Labute approximate surface area is 204 Å². The summed E-state index contributed by atoms with van der Waals surface area (Å²) in [6.07, 6.45) is 1.55. The first kappa shape index (κ1) is 21.8. The molecule has 0 bridgehead atoms. The first-order valence-corrected chi connectivity index (χ1v) is 11.3. The zero-order valence-corrected chi connectivity index (χ0v) is 20.3. The van der Waals surface area contributed by atoms with Crippen molar-refractivity contribution in [3.8, 4) is 5.75 Å². The summed E-state index contributed by atoms with van der Waals surface area (Å²) in [5, 5.41) is 4.88. The van der Waals surface area contributed by atoms with Gasteiger partial charge in [0.25, 0.3) is 0 Å². The summed E-state index contributed by atoms with van der Waals surface area (Å²) in [5.74, 6) is 0.144. The highest BCUT2D eigenvalue weighted by molar-refractivity contribution is 14.1. The topological polar surface area (TPSA) is 63.8 Å². The predicted molar refractivity (Wildman–Crippen MR) is 134 cm³/mol. The molecule has 0 radical (unpaired) electrons. The van der Waals surface area contributed by atoms with E-state index in [1.165, 1.54) is 6.07 Å². The van der Waals surface area contributed by atoms with Crippen LogP contribution in [0.4, 0.5) is 4.39 Å². The maximum Gasteiger partial charge on any atom is 0.307 e. The second-order valence-electron chi connectivity index (χ2n) is 6.54. The summed E-state index contributed by atoms with van der Waals surface area (Å²) in [4.78, 5) is 12.3. The molecule has 0 aliphatic rings. The Balaban J connectivity index is 1.42. The molecule has 0 atom stereocenters. The molecule has 1 amide bonds. The molecule has 0 spiro atoms. The molecule has 5 nitrogen and oxygen atoms in total. The number of fused-ring (bicyclic) bond motifs is 1. The van der Waals surface area contributed by atoms with Crippen molar-refractivity contribution in [2.75, 3.05) is 0 Å². The van der Waals surface area contributed by atoms with E-state index < -0.39 is 5.91 Å². The minimum atomic E-state index is -0.429. The average Bonchev–Trinajstić information content (AvgIpc) is 3.19. The number of rotatable bonds is 6. The molecule has 1 aromatic heterocycles. The van der Waals surface area contributed by atoms with E-state index in [-0.39, 0.29) is 18.2 Å². The van der Waals surface area contributed by atoms with Crippen LogP contribution in [-0.4, -0.2) is 12.1 Å². The van der Waals surface area contributed by atoms with E-state index in [1.54, 1.807) is 36.5 Å². The van der Waals surface area contributed by atoms with Gasteiger partial charge in [-0.1, -0.05) is 36.4 Å². The van der Waals surface area contributed by atoms with Crippen molar-refractivity contribution in [3.63, 3.8) is 0 Å². The molecule has 1 N–H and O–H groups in total. The quantitative estimate of drug-likeness (QED) is 0.157. The molecular formula is C23H15FI2N2O3. The van der Waals surface area contributed by atoms with Gasteiger partial charge in [-0.3, -0.25) is 4.79 Å². The maximum atomic E-state index is 13.8. The number of hydrazone groups is 1. The zero-order chi connectivity index (χ0) is 21.8. The van der Waals surface area contributed by atoms with Gasteiger partial charge in [-0.15, -0.1) is 0 Å². The van der Waals surface area contributed by atoms with Crippen LogP contribution in [0.2, 0.25) is 0 Å². The van der Waals surface area contributed by atoms with Gasteiger partial charge in [0.1, 0.15) is 23.8 Å². The molecule has 0 unspecified atom stereocenters. The highest BCUT2D eigenvalue weighted by Gasteiger charge is 2.12. The Bertz CT molecular complexity index is 1230. The summed E-state index contributed by atoms with van der Waals surface area (Å²) in [6, 6.07) is 19.3. The minimum absolute atomic E-state index is 0.139. The molecule has 0 saturated heterocycles. The zero-order valence-electron chi connectivity index (χ0n) is 15.9. The number of amides is 1. The molecular weight excluding hydrogens is 625 g/mol. The fourth-order valence-electron chi connectivity index (χ4n) is 2.87. The molecule has 3 aromatic carbocycles. The number of furan rings is 1. The highest BCUT2D eigenvalue weighted by Crippen LogP contribution is 2.29. The van der Waals surface area contributed by atoms with Gasteiger partial charge in [-0.2, -0.15) is 5.10 Å². The van der Waals surface area contributed by atoms with E-state index >= 15 is 0 Å². The van der Waals surface area contributed by atoms with Crippen molar-refractivity contribution in [1.29, 1.82) is 0 Å². The number of benzene rings is 3. The standard InChI is InChI=1S/C23H15FI2N2O3/c24-17-7-3-1-6-16(17)13-30-22-18(25)9-14(10-19(22)26)12-27-28-23(29)21-11-15-5-2-4-8-20(15)31-21/h1-12H,13H2,(H,28,29)/b27-12+. The predicted octanol–water partition coefficient (Wildman–Crippen LogP) is 6.12. The summed E-state index contributed by atoms with van der Waals surface area (Å²) in [7, 11) is 0. The van der Waals surface area contributed by atoms with Crippen molar-refractivity contribution in [3.05, 3.63) is 96.6 Å². The van der Waals surface area contributed by atoms with Crippen LogP contribution in [0.1, 0.15) is 21.7 Å². The third-order valence-electron chi connectivity index (χ3n) is 4.38. The lowest BCUT2D eigenvalue weighted by Gasteiger charge is -2.12. The SMILES string of the molecule is O=C(N/N=C/c1cc(I)c(OCc2ccccc2F)c(I)c1)c1cc2ccccc2o1. The Morgan fingerprint density at radius 1 is 1.06 bits per heavy atom. The van der Waals surface area contributed by atoms with Gasteiger partial charge in [0.2, 0.25) is 0 Å². The van der Waals surface area contributed by atoms with Crippen molar-refractivity contribution < 1.29 is 18.3 Å². The monoisotopic (exact) mass is 640 g/mol. The van der Waals surface area contributed by atoms with Crippen molar-refractivity contribution in [2.24, 2.45) is 5.10 Å². The van der Waals surface area contributed by atoms with E-state index in [1.807, 2.05) is 30.3 Å². The number of carbonyl (C=O) groups excluding carboxylic acids is 1. The number of hydrogen-bond acceptors (Lipinski definition) is 4. The molecule has 0 aliphatic heterocycles. The number of nitrogens with one attached hydrogen (secondary N) is 1. The molecule has 0 saturated carbocycles. The number of para-hydroxylation sites is 1. The first-order chi connectivity index (χ1) is 15.0. The van der Waals surface area contributed by atoms with Crippen LogP contribution in [0, 0.1) is 13.0 Å². The van der Waals surface area contributed by atoms with Gasteiger partial charge < -0.3 is 9.15 Å². The Morgan fingerprint density at radius 3 is 2.52 bits per heavy atom. The van der Waals surface area contributed by atoms with E-state index in [9.17, 15) is 9.18 Å². The van der Waals surface area contributed by atoms with Crippen molar-refractivity contribution in [1.82, 2.24) is 5.43 Å². The normalized spacial score (nSPS) is 11.2. The van der Waals surface area contributed by atoms with Gasteiger partial charge in [0, 0.05) is 10.9 Å². The van der Waals surface area contributed by atoms with Crippen LogP contribution in [0.15, 0.2) is 76.2 Å². The third kappa shape index (κ3) is 5.24. The molecule has 0 fully saturated rings. The highest BCUT2D eigenvalue weighted by atomic mass is 127. The summed E-state index contributed by atoms with van der Waals surface area (Å²) >= 11 is 4.32. The second kappa shape index (κ2) is 9.77. The molecule has 4 rings (SSSR count). The van der Waals surface area contributed by atoms with Crippen LogP contribution in [0.3, 0.4) is 0 Å². The van der Waals surface area contributed by atoms with Crippen LogP contribution in [0.5, 0.6) is 5.75 Å². The number of ether oxygens (including phenoxy) is 1. The van der Waals surface area contributed by atoms with Crippen molar-refractivity contribution >= 4 is 68.3 Å². The maximum absolute atomic E-state index is 13.8. The number of hydrogen-bond donors (Lipinski definition) is 1. The first-order valence-electron chi connectivity index (χ1n) is 9.18. The fraction of sp³-hybridized carbons (Fsp3) is 0.0435. The lowest BCUT2D eigenvalue weighted by atomic mass is 10.2. The van der Waals surface area contributed by atoms with Gasteiger partial charge in [0.15, 0.2) is 5.76 Å². The fourth-order valence-corrected chi connectivity index (χ4v) is 5.00. The largest absolute Gasteiger partial charge is 0.487 e. The van der Waals surface area contributed by atoms with Crippen LogP contribution in [0.25, 0.3) is 11.0 Å². The Hall–Kier alpha value is -2.47. The molecule has 31 heavy (non-hydrogen) atoms.